The van der Waals surface area contributed by atoms with E-state index in [1.807, 2.05) is 18.2 Å². The zero-order valence-corrected chi connectivity index (χ0v) is 24.2. The van der Waals surface area contributed by atoms with E-state index in [-0.39, 0.29) is 29.5 Å². The standard InChI is InChI=1S/C30H31FN6O4S/c1-30(2,3)27(29(39)33-16-17-34-42(40,41)23-14-10-20(18-32)11-15-23)35-28(38)26-24-6-4-5-7-25(24)37(36-26)19-21-8-12-22(31)13-9-21/h4-15,27,34H,16-17,19H2,1-3H3,(H,33,39)(H,35,38)/t27-/m1/s1. The van der Waals surface area contributed by atoms with Gasteiger partial charge in [-0.05, 0) is 53.4 Å². The SMILES string of the molecule is CC(C)(C)[C@H](NC(=O)c1nn(Cc2ccc(F)cc2)c2ccccc12)C(=O)NCCNS(=O)(=O)c1ccc(C#N)cc1. The summed E-state index contributed by atoms with van der Waals surface area (Å²) in [6.45, 7) is 5.61. The molecule has 42 heavy (non-hydrogen) atoms. The lowest BCUT2D eigenvalue weighted by Crippen LogP contribution is -2.54. The number of hydrogen-bond donors (Lipinski definition) is 3. The van der Waals surface area contributed by atoms with Crippen molar-refractivity contribution in [3.63, 3.8) is 0 Å². The predicted molar refractivity (Wildman–Crippen MR) is 155 cm³/mol. The van der Waals surface area contributed by atoms with Gasteiger partial charge in [0, 0.05) is 18.5 Å². The van der Waals surface area contributed by atoms with Crippen LogP contribution in [0.15, 0.2) is 77.7 Å². The number of carbonyl (C=O) groups is 2. The second-order valence-electron chi connectivity index (χ2n) is 10.7. The summed E-state index contributed by atoms with van der Waals surface area (Å²) < 4.78 is 42.5. The highest BCUT2D eigenvalue weighted by Gasteiger charge is 2.34. The van der Waals surface area contributed by atoms with Gasteiger partial charge in [-0.15, -0.1) is 0 Å². The van der Waals surface area contributed by atoms with Crippen LogP contribution in [0.3, 0.4) is 0 Å². The summed E-state index contributed by atoms with van der Waals surface area (Å²) in [5.41, 5.74) is 1.31. The Labute approximate surface area is 243 Å². The first-order valence-corrected chi connectivity index (χ1v) is 14.7. The predicted octanol–water partition coefficient (Wildman–Crippen LogP) is 3.33. The van der Waals surface area contributed by atoms with Crippen molar-refractivity contribution in [3.8, 4) is 6.07 Å². The summed E-state index contributed by atoms with van der Waals surface area (Å²) in [6.07, 6.45) is 0. The number of amides is 2. The van der Waals surface area contributed by atoms with Gasteiger partial charge >= 0.3 is 0 Å². The van der Waals surface area contributed by atoms with Gasteiger partial charge < -0.3 is 10.6 Å². The first kappa shape index (κ1) is 30.4. The lowest BCUT2D eigenvalue weighted by atomic mass is 9.86. The Kier molecular flexibility index (Phi) is 9.04. The van der Waals surface area contributed by atoms with Crippen LogP contribution in [-0.4, -0.2) is 49.1 Å². The molecule has 4 aromatic rings. The van der Waals surface area contributed by atoms with Crippen LogP contribution in [0.25, 0.3) is 10.9 Å². The summed E-state index contributed by atoms with van der Waals surface area (Å²) in [5.74, 6) is -1.37. The van der Waals surface area contributed by atoms with Gasteiger partial charge in [0.1, 0.15) is 11.9 Å². The quantitative estimate of drug-likeness (QED) is 0.242. The molecular weight excluding hydrogens is 559 g/mol. The number of nitrogens with zero attached hydrogens (tertiary/aromatic N) is 3. The molecule has 2 amide bonds. The molecule has 0 aliphatic rings. The van der Waals surface area contributed by atoms with E-state index in [4.69, 9.17) is 5.26 Å². The third-order valence-corrected chi connectivity index (χ3v) is 8.01. The van der Waals surface area contributed by atoms with Gasteiger partial charge in [0.15, 0.2) is 5.69 Å². The topological polar surface area (TPSA) is 146 Å². The van der Waals surface area contributed by atoms with Crippen molar-refractivity contribution in [2.45, 2.75) is 38.3 Å². The Morgan fingerprint density at radius 1 is 1.00 bits per heavy atom. The maximum Gasteiger partial charge on any atom is 0.273 e. The number of hydrogen-bond acceptors (Lipinski definition) is 6. The fourth-order valence-electron chi connectivity index (χ4n) is 4.32. The number of nitrogens with one attached hydrogen (secondary N) is 3. The van der Waals surface area contributed by atoms with Crippen LogP contribution >= 0.6 is 0 Å². The number of sulfonamides is 1. The molecule has 1 heterocycles. The summed E-state index contributed by atoms with van der Waals surface area (Å²) in [5, 5.41) is 19.5. The van der Waals surface area contributed by atoms with Gasteiger partial charge in [0.2, 0.25) is 15.9 Å². The number of para-hydroxylation sites is 1. The number of nitriles is 1. The van der Waals surface area contributed by atoms with Gasteiger partial charge in [-0.2, -0.15) is 10.4 Å². The molecule has 0 radical (unpaired) electrons. The number of rotatable bonds is 10. The minimum Gasteiger partial charge on any atom is -0.353 e. The molecule has 1 atom stereocenters. The fourth-order valence-corrected chi connectivity index (χ4v) is 5.35. The monoisotopic (exact) mass is 590 g/mol. The molecule has 0 unspecified atom stereocenters. The number of benzene rings is 3. The van der Waals surface area contributed by atoms with E-state index >= 15 is 0 Å². The van der Waals surface area contributed by atoms with E-state index in [0.29, 0.717) is 23.0 Å². The van der Waals surface area contributed by atoms with Crippen LogP contribution in [0.1, 0.15) is 42.4 Å². The highest BCUT2D eigenvalue weighted by atomic mass is 32.2. The highest BCUT2D eigenvalue weighted by Crippen LogP contribution is 2.23. The van der Waals surface area contributed by atoms with Crippen LogP contribution in [-0.2, 0) is 21.4 Å². The molecule has 12 heteroatoms. The van der Waals surface area contributed by atoms with Crippen molar-refractivity contribution < 1.29 is 22.4 Å². The first-order valence-electron chi connectivity index (χ1n) is 13.2. The molecular formula is C30H31FN6O4S. The average Bonchev–Trinajstić information content (AvgIpc) is 3.33. The van der Waals surface area contributed by atoms with E-state index < -0.39 is 33.3 Å². The van der Waals surface area contributed by atoms with Crippen molar-refractivity contribution in [3.05, 3.63) is 95.4 Å². The Hall–Kier alpha value is -4.60. The molecule has 3 N–H and O–H groups in total. The number of halogens is 1. The molecule has 10 nitrogen and oxygen atoms in total. The Morgan fingerprint density at radius 3 is 2.31 bits per heavy atom. The average molecular weight is 591 g/mol. The third kappa shape index (κ3) is 7.18. The minimum atomic E-state index is -3.84. The van der Waals surface area contributed by atoms with Crippen molar-refractivity contribution >= 4 is 32.7 Å². The third-order valence-electron chi connectivity index (χ3n) is 6.53. The van der Waals surface area contributed by atoms with Crippen LogP contribution in [0.2, 0.25) is 0 Å². The molecule has 4 rings (SSSR count). The minimum absolute atomic E-state index is 0.00116. The summed E-state index contributed by atoms with van der Waals surface area (Å²) in [6, 6.07) is 19.7. The number of aromatic nitrogens is 2. The van der Waals surface area contributed by atoms with Gasteiger partial charge in [0.05, 0.1) is 28.6 Å². The lowest BCUT2D eigenvalue weighted by molar-refractivity contribution is -0.125. The van der Waals surface area contributed by atoms with Crippen LogP contribution in [0.5, 0.6) is 0 Å². The van der Waals surface area contributed by atoms with Gasteiger partial charge in [-0.25, -0.2) is 17.5 Å². The summed E-state index contributed by atoms with van der Waals surface area (Å²) in [7, 11) is -3.84. The molecule has 1 aromatic heterocycles. The number of carbonyl (C=O) groups excluding carboxylic acids is 2. The van der Waals surface area contributed by atoms with E-state index in [0.717, 1.165) is 5.56 Å². The Morgan fingerprint density at radius 2 is 1.67 bits per heavy atom. The van der Waals surface area contributed by atoms with Gasteiger partial charge in [-0.1, -0.05) is 51.1 Å². The van der Waals surface area contributed by atoms with E-state index in [9.17, 15) is 22.4 Å². The van der Waals surface area contributed by atoms with Crippen LogP contribution in [0, 0.1) is 22.6 Å². The molecule has 0 aliphatic carbocycles. The van der Waals surface area contributed by atoms with E-state index in [1.165, 1.54) is 36.4 Å². The van der Waals surface area contributed by atoms with Gasteiger partial charge in [0.25, 0.3) is 5.91 Å². The molecule has 0 bridgehead atoms. The smallest absolute Gasteiger partial charge is 0.273 e. The largest absolute Gasteiger partial charge is 0.353 e. The molecule has 0 saturated heterocycles. The van der Waals surface area contributed by atoms with Crippen molar-refractivity contribution in [2.75, 3.05) is 13.1 Å². The van der Waals surface area contributed by atoms with Gasteiger partial charge in [-0.3, -0.25) is 14.3 Å². The summed E-state index contributed by atoms with van der Waals surface area (Å²) in [4.78, 5) is 26.6. The Bertz CT molecular complexity index is 1740. The first-order chi connectivity index (χ1) is 19.9. The van der Waals surface area contributed by atoms with Crippen molar-refractivity contribution in [2.24, 2.45) is 5.41 Å². The van der Waals surface area contributed by atoms with Crippen molar-refractivity contribution in [1.29, 1.82) is 5.26 Å². The number of fused-ring (bicyclic) bond motifs is 1. The molecule has 0 aliphatic heterocycles. The van der Waals surface area contributed by atoms with E-state index in [1.54, 1.807) is 49.7 Å². The van der Waals surface area contributed by atoms with E-state index in [2.05, 4.69) is 20.5 Å². The normalized spacial score (nSPS) is 12.5. The fraction of sp³-hybridized carbons (Fsp3) is 0.267. The summed E-state index contributed by atoms with van der Waals surface area (Å²) >= 11 is 0. The second kappa shape index (κ2) is 12.5. The molecule has 0 fully saturated rings. The zero-order valence-electron chi connectivity index (χ0n) is 23.4. The maximum atomic E-state index is 13.5. The molecule has 0 spiro atoms. The zero-order chi connectivity index (χ0) is 30.5. The maximum absolute atomic E-state index is 13.5. The molecule has 0 saturated carbocycles. The lowest BCUT2D eigenvalue weighted by Gasteiger charge is -2.30. The van der Waals surface area contributed by atoms with Crippen LogP contribution < -0.4 is 15.4 Å². The molecule has 3 aromatic carbocycles. The second-order valence-corrected chi connectivity index (χ2v) is 12.5. The van der Waals surface area contributed by atoms with Crippen LogP contribution in [0.4, 0.5) is 4.39 Å². The highest BCUT2D eigenvalue weighted by molar-refractivity contribution is 7.89. The van der Waals surface area contributed by atoms with Crippen molar-refractivity contribution in [1.82, 2.24) is 25.1 Å². The molecule has 218 valence electrons. The Balaban J connectivity index is 1.43.